The molecule has 0 saturated carbocycles. The second kappa shape index (κ2) is 8.39. The van der Waals surface area contributed by atoms with E-state index in [-0.39, 0.29) is 0 Å². The summed E-state index contributed by atoms with van der Waals surface area (Å²) in [5, 5.41) is 3.52. The van der Waals surface area contributed by atoms with Gasteiger partial charge in [0.2, 0.25) is 0 Å². The Morgan fingerprint density at radius 2 is 2.40 bits per heavy atom. The van der Waals surface area contributed by atoms with Crippen LogP contribution >= 0.6 is 11.8 Å². The number of rotatable bonds is 7. The molecule has 1 fully saturated rings. The van der Waals surface area contributed by atoms with Gasteiger partial charge >= 0.3 is 0 Å². The molecule has 0 aromatic heterocycles. The fraction of sp³-hybridized carbons (Fsp3) is 1.00. The topological polar surface area (TPSA) is 30.5 Å². The van der Waals surface area contributed by atoms with Crippen LogP contribution in [0.15, 0.2) is 0 Å². The van der Waals surface area contributed by atoms with Crippen LogP contribution in [0.3, 0.4) is 0 Å². The van der Waals surface area contributed by atoms with Crippen molar-refractivity contribution in [3.63, 3.8) is 0 Å². The van der Waals surface area contributed by atoms with E-state index in [1.165, 1.54) is 17.9 Å². The van der Waals surface area contributed by atoms with E-state index < -0.39 is 0 Å². The van der Waals surface area contributed by atoms with Gasteiger partial charge in [0.15, 0.2) is 0 Å². The Hall–Kier alpha value is 0.230. The van der Waals surface area contributed by atoms with E-state index in [1.807, 2.05) is 11.8 Å². The third-order valence-corrected chi connectivity index (χ3v) is 3.50. The van der Waals surface area contributed by atoms with E-state index in [1.54, 1.807) is 0 Å². The molecule has 0 amide bonds. The molecular weight excluding hydrogens is 210 g/mol. The van der Waals surface area contributed by atoms with Gasteiger partial charge in [-0.2, -0.15) is 11.8 Å². The van der Waals surface area contributed by atoms with Crippen molar-refractivity contribution in [1.29, 1.82) is 0 Å². The zero-order valence-corrected chi connectivity index (χ0v) is 10.6. The smallest absolute Gasteiger partial charge is 0.147 e. The minimum atomic E-state index is 0.347. The van der Waals surface area contributed by atoms with Crippen molar-refractivity contribution in [3.05, 3.63) is 0 Å². The molecule has 1 heterocycles. The van der Waals surface area contributed by atoms with Crippen molar-refractivity contribution in [2.75, 3.05) is 31.5 Å². The average molecular weight is 233 g/mol. The Bertz CT molecular complexity index is 152. The minimum Gasteiger partial charge on any atom is -0.355 e. The lowest BCUT2D eigenvalue weighted by molar-refractivity contribution is -0.137. The van der Waals surface area contributed by atoms with Crippen LogP contribution in [-0.4, -0.2) is 43.6 Å². The number of hydrogen-bond donors (Lipinski definition) is 1. The zero-order valence-electron chi connectivity index (χ0n) is 9.83. The van der Waals surface area contributed by atoms with E-state index >= 15 is 0 Å². The quantitative estimate of drug-likeness (QED) is 0.680. The molecule has 1 aliphatic rings. The summed E-state index contributed by atoms with van der Waals surface area (Å²) < 4.78 is 10.6. The first-order chi connectivity index (χ1) is 7.33. The molecule has 2 atom stereocenters. The molecule has 90 valence electrons. The van der Waals surface area contributed by atoms with Crippen LogP contribution < -0.4 is 5.32 Å². The maximum absolute atomic E-state index is 5.46. The van der Waals surface area contributed by atoms with Crippen LogP contribution in [-0.2, 0) is 9.47 Å². The Morgan fingerprint density at radius 1 is 1.53 bits per heavy atom. The van der Waals surface area contributed by atoms with Crippen LogP contribution in [0, 0.1) is 0 Å². The van der Waals surface area contributed by atoms with Gasteiger partial charge in [0, 0.05) is 12.6 Å². The molecule has 0 bridgehead atoms. The van der Waals surface area contributed by atoms with Gasteiger partial charge in [0.1, 0.15) is 6.79 Å². The van der Waals surface area contributed by atoms with E-state index in [2.05, 4.69) is 19.2 Å². The molecule has 1 rings (SSSR count). The van der Waals surface area contributed by atoms with Crippen LogP contribution in [0.25, 0.3) is 0 Å². The van der Waals surface area contributed by atoms with Crippen molar-refractivity contribution in [2.24, 2.45) is 0 Å². The SMILES string of the molecule is CCSCCC(C)NCC1CCOCO1. The molecule has 15 heavy (non-hydrogen) atoms. The molecule has 1 aliphatic heterocycles. The van der Waals surface area contributed by atoms with Gasteiger partial charge in [-0.1, -0.05) is 6.92 Å². The van der Waals surface area contributed by atoms with Crippen molar-refractivity contribution in [1.82, 2.24) is 5.32 Å². The number of nitrogens with one attached hydrogen (secondary N) is 1. The van der Waals surface area contributed by atoms with Gasteiger partial charge in [-0.05, 0) is 31.3 Å². The minimum absolute atomic E-state index is 0.347. The summed E-state index contributed by atoms with van der Waals surface area (Å²) in [5.74, 6) is 2.47. The van der Waals surface area contributed by atoms with E-state index in [4.69, 9.17) is 9.47 Å². The highest BCUT2D eigenvalue weighted by molar-refractivity contribution is 7.99. The number of ether oxygens (including phenoxy) is 2. The Balaban J connectivity index is 1.97. The maximum atomic E-state index is 5.46. The van der Waals surface area contributed by atoms with E-state index in [0.29, 0.717) is 18.9 Å². The van der Waals surface area contributed by atoms with Crippen molar-refractivity contribution >= 4 is 11.8 Å². The van der Waals surface area contributed by atoms with Crippen LogP contribution in [0.2, 0.25) is 0 Å². The maximum Gasteiger partial charge on any atom is 0.147 e. The fourth-order valence-corrected chi connectivity index (χ4v) is 2.31. The number of hydrogen-bond acceptors (Lipinski definition) is 4. The highest BCUT2D eigenvalue weighted by Crippen LogP contribution is 2.07. The summed E-state index contributed by atoms with van der Waals surface area (Å²) in [7, 11) is 0. The van der Waals surface area contributed by atoms with Crippen LogP contribution in [0.1, 0.15) is 26.7 Å². The van der Waals surface area contributed by atoms with Crippen molar-refractivity contribution < 1.29 is 9.47 Å². The molecule has 4 heteroatoms. The Kier molecular flexibility index (Phi) is 7.44. The summed E-state index contributed by atoms with van der Waals surface area (Å²) in [6, 6.07) is 0.593. The largest absolute Gasteiger partial charge is 0.355 e. The predicted octanol–water partition coefficient (Wildman–Crippen LogP) is 1.87. The average Bonchev–Trinajstić information content (AvgIpc) is 2.28. The van der Waals surface area contributed by atoms with Crippen LogP contribution in [0.4, 0.5) is 0 Å². The molecule has 3 nitrogen and oxygen atoms in total. The van der Waals surface area contributed by atoms with Gasteiger partial charge < -0.3 is 14.8 Å². The van der Waals surface area contributed by atoms with Gasteiger partial charge in [-0.25, -0.2) is 0 Å². The first-order valence-electron chi connectivity index (χ1n) is 5.83. The first kappa shape index (κ1) is 13.3. The Labute approximate surface area is 97.3 Å². The van der Waals surface area contributed by atoms with E-state index in [0.717, 1.165) is 19.6 Å². The van der Waals surface area contributed by atoms with Gasteiger partial charge in [-0.15, -0.1) is 0 Å². The zero-order chi connectivity index (χ0) is 10.9. The first-order valence-corrected chi connectivity index (χ1v) is 6.99. The second-order valence-corrected chi connectivity index (χ2v) is 5.29. The summed E-state index contributed by atoms with van der Waals surface area (Å²) in [4.78, 5) is 0. The molecule has 1 N–H and O–H groups in total. The molecule has 0 aromatic rings. The Morgan fingerprint density at radius 3 is 3.07 bits per heavy atom. The van der Waals surface area contributed by atoms with E-state index in [9.17, 15) is 0 Å². The summed E-state index contributed by atoms with van der Waals surface area (Å²) in [5.41, 5.74) is 0. The van der Waals surface area contributed by atoms with Crippen molar-refractivity contribution in [3.8, 4) is 0 Å². The predicted molar refractivity (Wildman–Crippen MR) is 65.4 cm³/mol. The third-order valence-electron chi connectivity index (χ3n) is 2.56. The van der Waals surface area contributed by atoms with Gasteiger partial charge in [-0.3, -0.25) is 0 Å². The summed E-state index contributed by atoms with van der Waals surface area (Å²) in [6.07, 6.45) is 2.60. The van der Waals surface area contributed by atoms with Crippen LogP contribution in [0.5, 0.6) is 0 Å². The summed E-state index contributed by atoms with van der Waals surface area (Å²) in [6.45, 7) is 6.72. The standard InChI is InChI=1S/C11H23NO2S/c1-3-15-7-5-10(2)12-8-11-4-6-13-9-14-11/h10-12H,3-9H2,1-2H3. The third kappa shape index (κ3) is 6.40. The summed E-state index contributed by atoms with van der Waals surface area (Å²) >= 11 is 2.01. The lowest BCUT2D eigenvalue weighted by atomic mass is 10.2. The monoisotopic (exact) mass is 233 g/mol. The molecule has 0 aromatic carbocycles. The van der Waals surface area contributed by atoms with Crippen molar-refractivity contribution in [2.45, 2.75) is 38.8 Å². The molecule has 0 radical (unpaired) electrons. The molecule has 0 aliphatic carbocycles. The highest BCUT2D eigenvalue weighted by atomic mass is 32.2. The highest BCUT2D eigenvalue weighted by Gasteiger charge is 2.14. The molecule has 2 unspecified atom stereocenters. The van der Waals surface area contributed by atoms with Gasteiger partial charge in [0.05, 0.1) is 12.7 Å². The number of thioether (sulfide) groups is 1. The van der Waals surface area contributed by atoms with Gasteiger partial charge in [0.25, 0.3) is 0 Å². The fourth-order valence-electron chi connectivity index (χ4n) is 1.50. The lowest BCUT2D eigenvalue weighted by Crippen LogP contribution is -2.38. The molecular formula is C11H23NO2S. The molecule has 0 spiro atoms. The normalized spacial score (nSPS) is 24.0. The second-order valence-electron chi connectivity index (χ2n) is 3.90. The lowest BCUT2D eigenvalue weighted by Gasteiger charge is -2.24. The molecule has 1 saturated heterocycles.